The molecule has 1 N–H and O–H groups in total. The van der Waals surface area contributed by atoms with Crippen LogP contribution in [0, 0.1) is 12.7 Å². The Kier molecular flexibility index (Phi) is 4.55. The zero-order valence-corrected chi connectivity index (χ0v) is 12.5. The fourth-order valence-corrected chi connectivity index (χ4v) is 2.37. The summed E-state index contributed by atoms with van der Waals surface area (Å²) < 4.78 is 14.9. The van der Waals surface area contributed by atoms with Gasteiger partial charge in [0.2, 0.25) is 0 Å². The standard InChI is InChI=1S/C16H22FN3/c1-11(2)20-13(4)16(10-19-20)12(3)18-9-14-5-7-15(17)8-6-14/h5-8,10-12,18H,9H2,1-4H3. The smallest absolute Gasteiger partial charge is 0.123 e. The monoisotopic (exact) mass is 275 g/mol. The molecule has 1 unspecified atom stereocenters. The van der Waals surface area contributed by atoms with Crippen molar-refractivity contribution in [1.82, 2.24) is 15.1 Å². The molecule has 0 saturated heterocycles. The molecule has 1 atom stereocenters. The highest BCUT2D eigenvalue weighted by Crippen LogP contribution is 2.20. The second-order valence-electron chi connectivity index (χ2n) is 5.45. The molecule has 3 nitrogen and oxygen atoms in total. The van der Waals surface area contributed by atoms with Crippen LogP contribution in [0.1, 0.15) is 49.7 Å². The van der Waals surface area contributed by atoms with Crippen LogP contribution in [0.5, 0.6) is 0 Å². The van der Waals surface area contributed by atoms with E-state index < -0.39 is 0 Å². The number of rotatable bonds is 5. The lowest BCUT2D eigenvalue weighted by atomic mass is 10.1. The van der Waals surface area contributed by atoms with Crippen LogP contribution in [0.3, 0.4) is 0 Å². The van der Waals surface area contributed by atoms with Crippen molar-refractivity contribution < 1.29 is 4.39 Å². The minimum atomic E-state index is -0.198. The Hall–Kier alpha value is -1.68. The molecular formula is C16H22FN3. The van der Waals surface area contributed by atoms with Crippen molar-refractivity contribution >= 4 is 0 Å². The Bertz CT molecular complexity index is 558. The third-order valence-corrected chi connectivity index (χ3v) is 3.56. The number of nitrogens with zero attached hydrogens (tertiary/aromatic N) is 2. The summed E-state index contributed by atoms with van der Waals surface area (Å²) in [5, 5.41) is 7.88. The number of hydrogen-bond acceptors (Lipinski definition) is 2. The molecule has 0 spiro atoms. The van der Waals surface area contributed by atoms with Crippen molar-refractivity contribution in [2.75, 3.05) is 0 Å². The molecule has 0 aliphatic heterocycles. The highest BCUT2D eigenvalue weighted by Gasteiger charge is 2.14. The minimum absolute atomic E-state index is 0.198. The summed E-state index contributed by atoms with van der Waals surface area (Å²) in [7, 11) is 0. The van der Waals surface area contributed by atoms with Crippen molar-refractivity contribution in [2.24, 2.45) is 0 Å². The topological polar surface area (TPSA) is 29.9 Å². The van der Waals surface area contributed by atoms with Gasteiger partial charge in [0, 0.05) is 29.9 Å². The number of nitrogens with one attached hydrogen (secondary N) is 1. The number of aromatic nitrogens is 2. The largest absolute Gasteiger partial charge is 0.306 e. The fraction of sp³-hybridized carbons (Fsp3) is 0.438. The predicted octanol–water partition coefficient (Wildman–Crippen LogP) is 3.76. The van der Waals surface area contributed by atoms with Crippen LogP contribution in [0.15, 0.2) is 30.5 Å². The van der Waals surface area contributed by atoms with Crippen LogP contribution in [0.2, 0.25) is 0 Å². The van der Waals surface area contributed by atoms with Crippen LogP contribution in [-0.2, 0) is 6.54 Å². The van der Waals surface area contributed by atoms with Crippen LogP contribution < -0.4 is 5.32 Å². The Morgan fingerprint density at radius 1 is 1.20 bits per heavy atom. The van der Waals surface area contributed by atoms with E-state index in [9.17, 15) is 4.39 Å². The maximum atomic E-state index is 12.9. The zero-order valence-electron chi connectivity index (χ0n) is 12.5. The first-order chi connectivity index (χ1) is 9.49. The molecule has 2 rings (SSSR count). The molecule has 2 aromatic rings. The van der Waals surface area contributed by atoms with Crippen molar-refractivity contribution in [1.29, 1.82) is 0 Å². The molecule has 1 heterocycles. The summed E-state index contributed by atoms with van der Waals surface area (Å²) in [5.74, 6) is -0.198. The Morgan fingerprint density at radius 2 is 1.85 bits per heavy atom. The van der Waals surface area contributed by atoms with E-state index in [1.54, 1.807) is 12.1 Å². The van der Waals surface area contributed by atoms with Gasteiger partial charge in [-0.3, -0.25) is 4.68 Å². The maximum absolute atomic E-state index is 12.9. The third kappa shape index (κ3) is 3.25. The van der Waals surface area contributed by atoms with Crippen molar-refractivity contribution in [3.05, 3.63) is 53.1 Å². The van der Waals surface area contributed by atoms with Gasteiger partial charge in [0.1, 0.15) is 5.82 Å². The van der Waals surface area contributed by atoms with Gasteiger partial charge in [0.05, 0.1) is 6.20 Å². The Morgan fingerprint density at radius 3 is 2.40 bits per heavy atom. The van der Waals surface area contributed by atoms with Gasteiger partial charge in [-0.1, -0.05) is 12.1 Å². The molecule has 1 aromatic heterocycles. The summed E-state index contributed by atoms with van der Waals surface area (Å²) >= 11 is 0. The van der Waals surface area contributed by atoms with Crippen molar-refractivity contribution in [3.8, 4) is 0 Å². The second-order valence-corrected chi connectivity index (χ2v) is 5.45. The van der Waals surface area contributed by atoms with E-state index in [1.807, 2.05) is 10.9 Å². The van der Waals surface area contributed by atoms with Gasteiger partial charge in [0.15, 0.2) is 0 Å². The molecule has 0 aliphatic carbocycles. The van der Waals surface area contributed by atoms with Gasteiger partial charge in [0.25, 0.3) is 0 Å². The molecule has 0 radical (unpaired) electrons. The summed E-state index contributed by atoms with van der Waals surface area (Å²) in [6.45, 7) is 9.19. The van der Waals surface area contributed by atoms with Gasteiger partial charge in [-0.05, 0) is 45.4 Å². The minimum Gasteiger partial charge on any atom is -0.306 e. The van der Waals surface area contributed by atoms with Crippen molar-refractivity contribution in [3.63, 3.8) is 0 Å². The fourth-order valence-electron chi connectivity index (χ4n) is 2.37. The van der Waals surface area contributed by atoms with E-state index in [2.05, 4.69) is 38.1 Å². The van der Waals surface area contributed by atoms with Crippen LogP contribution >= 0.6 is 0 Å². The van der Waals surface area contributed by atoms with Gasteiger partial charge in [-0.2, -0.15) is 5.10 Å². The molecule has 0 saturated carbocycles. The van der Waals surface area contributed by atoms with Gasteiger partial charge >= 0.3 is 0 Å². The summed E-state index contributed by atoms with van der Waals surface area (Å²) in [6, 6.07) is 7.17. The Balaban J connectivity index is 2.01. The molecule has 0 aliphatic rings. The lowest BCUT2D eigenvalue weighted by molar-refractivity contribution is 0.513. The zero-order chi connectivity index (χ0) is 14.7. The van der Waals surface area contributed by atoms with Gasteiger partial charge in [-0.15, -0.1) is 0 Å². The number of benzene rings is 1. The Labute approximate surface area is 119 Å². The molecule has 20 heavy (non-hydrogen) atoms. The van der Waals surface area contributed by atoms with E-state index in [0.717, 1.165) is 5.56 Å². The van der Waals surface area contributed by atoms with E-state index in [0.29, 0.717) is 12.6 Å². The first-order valence-corrected chi connectivity index (χ1v) is 7.01. The highest BCUT2D eigenvalue weighted by molar-refractivity contribution is 5.21. The van der Waals surface area contributed by atoms with Crippen molar-refractivity contribution in [2.45, 2.75) is 46.3 Å². The maximum Gasteiger partial charge on any atom is 0.123 e. The van der Waals surface area contributed by atoms with E-state index in [4.69, 9.17) is 0 Å². The molecule has 0 bridgehead atoms. The third-order valence-electron chi connectivity index (χ3n) is 3.56. The quantitative estimate of drug-likeness (QED) is 0.900. The van der Waals surface area contributed by atoms with Crippen LogP contribution in [0.4, 0.5) is 4.39 Å². The lowest BCUT2D eigenvalue weighted by Crippen LogP contribution is -2.19. The molecule has 0 fully saturated rings. The van der Waals surface area contributed by atoms with E-state index in [1.165, 1.54) is 23.4 Å². The summed E-state index contributed by atoms with van der Waals surface area (Å²) in [6.07, 6.45) is 1.93. The molecule has 0 amide bonds. The first kappa shape index (κ1) is 14.7. The van der Waals surface area contributed by atoms with Crippen LogP contribution in [-0.4, -0.2) is 9.78 Å². The van der Waals surface area contributed by atoms with Gasteiger partial charge < -0.3 is 5.32 Å². The predicted molar refractivity (Wildman–Crippen MR) is 79.0 cm³/mol. The summed E-state index contributed by atoms with van der Waals surface area (Å²) in [5.41, 5.74) is 3.48. The molecular weight excluding hydrogens is 253 g/mol. The lowest BCUT2D eigenvalue weighted by Gasteiger charge is -2.15. The average molecular weight is 275 g/mol. The molecule has 108 valence electrons. The number of hydrogen-bond donors (Lipinski definition) is 1. The van der Waals surface area contributed by atoms with Crippen LogP contribution in [0.25, 0.3) is 0 Å². The highest BCUT2D eigenvalue weighted by atomic mass is 19.1. The summed E-state index contributed by atoms with van der Waals surface area (Å²) in [4.78, 5) is 0. The SMILES string of the molecule is Cc1c(C(C)NCc2ccc(F)cc2)cnn1C(C)C. The number of halogens is 1. The second kappa shape index (κ2) is 6.18. The average Bonchev–Trinajstić information content (AvgIpc) is 2.80. The molecule has 1 aromatic carbocycles. The van der Waals surface area contributed by atoms with Gasteiger partial charge in [-0.25, -0.2) is 4.39 Å². The van der Waals surface area contributed by atoms with E-state index in [-0.39, 0.29) is 11.9 Å². The van der Waals surface area contributed by atoms with E-state index >= 15 is 0 Å². The first-order valence-electron chi connectivity index (χ1n) is 7.01. The molecule has 4 heteroatoms. The normalized spacial score (nSPS) is 12.9.